The monoisotopic (exact) mass is 279 g/mol. The maximum Gasteiger partial charge on any atom is 0.229 e. The summed E-state index contributed by atoms with van der Waals surface area (Å²) < 4.78 is 24.6. The first-order valence-corrected chi connectivity index (χ1v) is 7.86. The fraction of sp³-hybridized carbons (Fsp3) is 0.385. The van der Waals surface area contributed by atoms with Crippen LogP contribution in [0.25, 0.3) is 0 Å². The normalized spacial score (nSPS) is 29.2. The zero-order valence-corrected chi connectivity index (χ0v) is 11.2. The van der Waals surface area contributed by atoms with E-state index in [1.165, 1.54) is 0 Å². The number of Topliss-reactive ketones (excluding diaryl/α,β-unsaturated/α-hetero) is 2. The lowest BCUT2D eigenvalue weighted by Crippen LogP contribution is -2.17. The Morgan fingerprint density at radius 2 is 1.84 bits per heavy atom. The maximum absolute atomic E-state index is 11.9. The molecule has 6 heteroatoms. The van der Waals surface area contributed by atoms with Crippen LogP contribution in [0, 0.1) is 5.92 Å². The molecule has 2 aliphatic rings. The average Bonchev–Trinajstić information content (AvgIpc) is 2.99. The summed E-state index contributed by atoms with van der Waals surface area (Å²) in [4.78, 5) is 23.5. The zero-order valence-electron chi connectivity index (χ0n) is 10.3. The second-order valence-corrected chi connectivity index (χ2v) is 6.99. The Morgan fingerprint density at radius 1 is 1.21 bits per heavy atom. The van der Waals surface area contributed by atoms with E-state index in [0.717, 1.165) is 11.8 Å². The van der Waals surface area contributed by atoms with Gasteiger partial charge in [-0.2, -0.15) is 0 Å². The summed E-state index contributed by atoms with van der Waals surface area (Å²) in [6.45, 7) is 0. The van der Waals surface area contributed by atoms with Crippen molar-refractivity contribution in [2.24, 2.45) is 5.92 Å². The summed E-state index contributed by atoms with van der Waals surface area (Å²) in [6.07, 6.45) is 1.72. The van der Waals surface area contributed by atoms with Crippen LogP contribution >= 0.6 is 0 Å². The van der Waals surface area contributed by atoms with E-state index in [1.54, 1.807) is 24.3 Å². The molecule has 2 saturated carbocycles. The Labute approximate surface area is 111 Å². The quantitative estimate of drug-likeness (QED) is 0.832. The molecule has 1 N–H and O–H groups in total. The van der Waals surface area contributed by atoms with Gasteiger partial charge in [0.1, 0.15) is 5.78 Å². The van der Waals surface area contributed by atoms with E-state index in [4.69, 9.17) is 0 Å². The van der Waals surface area contributed by atoms with Crippen LogP contribution in [0.3, 0.4) is 0 Å². The van der Waals surface area contributed by atoms with Crippen LogP contribution in [0.2, 0.25) is 0 Å². The summed E-state index contributed by atoms with van der Waals surface area (Å²) in [6, 6.07) is 6.70. The minimum Gasteiger partial charge on any atom is -0.299 e. The van der Waals surface area contributed by atoms with Crippen molar-refractivity contribution < 1.29 is 18.0 Å². The highest BCUT2D eigenvalue weighted by Crippen LogP contribution is 2.60. The molecular weight excluding hydrogens is 266 g/mol. The lowest BCUT2D eigenvalue weighted by Gasteiger charge is -2.11. The molecular formula is C13H13NO4S. The smallest absolute Gasteiger partial charge is 0.229 e. The van der Waals surface area contributed by atoms with Gasteiger partial charge in [0.05, 0.1) is 18.1 Å². The molecule has 0 saturated heterocycles. The Morgan fingerprint density at radius 3 is 2.26 bits per heavy atom. The zero-order chi connectivity index (χ0) is 13.8. The third-order valence-electron chi connectivity index (χ3n) is 3.89. The van der Waals surface area contributed by atoms with Crippen molar-refractivity contribution in [2.75, 3.05) is 11.0 Å². The first kappa shape index (κ1) is 12.3. The molecule has 0 bridgehead atoms. The Kier molecular flexibility index (Phi) is 2.38. The van der Waals surface area contributed by atoms with E-state index < -0.39 is 15.4 Å². The van der Waals surface area contributed by atoms with Gasteiger partial charge in [-0.3, -0.25) is 14.3 Å². The largest absolute Gasteiger partial charge is 0.299 e. The average molecular weight is 279 g/mol. The minimum atomic E-state index is -3.30. The maximum atomic E-state index is 11.9. The van der Waals surface area contributed by atoms with Gasteiger partial charge in [0, 0.05) is 11.6 Å². The standard InChI is InChI=1S/C13H13NO4S/c1-19(17,18)14-9-4-2-8(3-5-9)13-7-10(13)11(15)6-12(13)16/h2-5,10,14H,6-7H2,1H3. The molecule has 2 aliphatic carbocycles. The molecule has 2 atom stereocenters. The Bertz CT molecular complexity index is 677. The van der Waals surface area contributed by atoms with E-state index in [9.17, 15) is 18.0 Å². The van der Waals surface area contributed by atoms with Crippen molar-refractivity contribution in [3.8, 4) is 0 Å². The van der Waals surface area contributed by atoms with Crippen LogP contribution in [0.1, 0.15) is 18.4 Å². The number of anilines is 1. The van der Waals surface area contributed by atoms with Gasteiger partial charge in [-0.05, 0) is 24.1 Å². The van der Waals surface area contributed by atoms with Gasteiger partial charge < -0.3 is 0 Å². The molecule has 100 valence electrons. The molecule has 0 amide bonds. The van der Waals surface area contributed by atoms with Crippen molar-refractivity contribution in [2.45, 2.75) is 18.3 Å². The second-order valence-electron chi connectivity index (χ2n) is 5.25. The number of carbonyl (C=O) groups excluding carboxylic acids is 2. The van der Waals surface area contributed by atoms with Crippen molar-refractivity contribution in [1.29, 1.82) is 0 Å². The Balaban J connectivity index is 1.89. The topological polar surface area (TPSA) is 80.3 Å². The molecule has 1 aromatic rings. The van der Waals surface area contributed by atoms with Gasteiger partial charge in [-0.15, -0.1) is 0 Å². The van der Waals surface area contributed by atoms with Gasteiger partial charge >= 0.3 is 0 Å². The Hall–Kier alpha value is -1.69. The van der Waals surface area contributed by atoms with Crippen LogP contribution in [0.15, 0.2) is 24.3 Å². The molecule has 5 nitrogen and oxygen atoms in total. The molecule has 0 aromatic heterocycles. The minimum absolute atomic E-state index is 0.00803. The molecule has 2 fully saturated rings. The molecule has 0 aliphatic heterocycles. The number of ketones is 2. The number of fused-ring (bicyclic) bond motifs is 1. The van der Waals surface area contributed by atoms with Gasteiger partial charge in [0.2, 0.25) is 10.0 Å². The summed E-state index contributed by atoms with van der Waals surface area (Å²) >= 11 is 0. The molecule has 1 aromatic carbocycles. The van der Waals surface area contributed by atoms with E-state index in [2.05, 4.69) is 4.72 Å². The highest BCUT2D eigenvalue weighted by atomic mass is 32.2. The fourth-order valence-electron chi connectivity index (χ4n) is 2.93. The molecule has 0 spiro atoms. The summed E-state index contributed by atoms with van der Waals surface area (Å²) in [7, 11) is -3.30. The van der Waals surface area contributed by atoms with Crippen LogP contribution in [-0.4, -0.2) is 26.2 Å². The predicted octanol–water partition coefficient (Wildman–Crippen LogP) is 0.858. The molecule has 0 radical (unpaired) electrons. The number of benzene rings is 1. The summed E-state index contributed by atoms with van der Waals surface area (Å²) in [5.41, 5.74) is 0.657. The number of hydrogen-bond acceptors (Lipinski definition) is 4. The third-order valence-corrected chi connectivity index (χ3v) is 4.49. The van der Waals surface area contributed by atoms with Crippen LogP contribution in [-0.2, 0) is 25.0 Å². The lowest BCUT2D eigenvalue weighted by molar-refractivity contribution is -0.124. The third kappa shape index (κ3) is 1.87. The SMILES string of the molecule is CS(=O)(=O)Nc1ccc(C23CC2C(=O)CC3=O)cc1. The molecule has 19 heavy (non-hydrogen) atoms. The number of nitrogens with one attached hydrogen (secondary N) is 1. The van der Waals surface area contributed by atoms with Crippen molar-refractivity contribution in [1.82, 2.24) is 0 Å². The molecule has 2 unspecified atom stereocenters. The van der Waals surface area contributed by atoms with Gasteiger partial charge in [-0.1, -0.05) is 12.1 Å². The van der Waals surface area contributed by atoms with Gasteiger partial charge in [-0.25, -0.2) is 8.42 Å². The number of carbonyl (C=O) groups is 2. The molecule has 0 heterocycles. The van der Waals surface area contributed by atoms with Crippen LogP contribution < -0.4 is 4.72 Å². The summed E-state index contributed by atoms with van der Waals surface area (Å²) in [5.74, 6) is -0.136. The first-order chi connectivity index (χ1) is 8.83. The van der Waals surface area contributed by atoms with E-state index in [1.807, 2.05) is 0 Å². The fourth-order valence-corrected chi connectivity index (χ4v) is 3.49. The highest BCUT2D eigenvalue weighted by Gasteiger charge is 2.68. The summed E-state index contributed by atoms with van der Waals surface area (Å²) in [5, 5.41) is 0. The van der Waals surface area contributed by atoms with Crippen molar-refractivity contribution >= 4 is 27.3 Å². The van der Waals surface area contributed by atoms with E-state index >= 15 is 0 Å². The first-order valence-electron chi connectivity index (χ1n) is 5.97. The lowest BCUT2D eigenvalue weighted by atomic mass is 9.92. The number of rotatable bonds is 3. The van der Waals surface area contributed by atoms with Crippen molar-refractivity contribution in [3.63, 3.8) is 0 Å². The predicted molar refractivity (Wildman–Crippen MR) is 69.3 cm³/mol. The van der Waals surface area contributed by atoms with Gasteiger partial charge in [0.25, 0.3) is 0 Å². The molecule has 3 rings (SSSR count). The van der Waals surface area contributed by atoms with Crippen LogP contribution in [0.5, 0.6) is 0 Å². The highest BCUT2D eigenvalue weighted by molar-refractivity contribution is 7.92. The number of hydrogen-bond donors (Lipinski definition) is 1. The van der Waals surface area contributed by atoms with Crippen molar-refractivity contribution in [3.05, 3.63) is 29.8 Å². The van der Waals surface area contributed by atoms with Gasteiger partial charge in [0.15, 0.2) is 5.78 Å². The van der Waals surface area contributed by atoms with Crippen LogP contribution in [0.4, 0.5) is 5.69 Å². The number of sulfonamides is 1. The van der Waals surface area contributed by atoms with E-state index in [-0.39, 0.29) is 23.9 Å². The second kappa shape index (κ2) is 3.66. The van der Waals surface area contributed by atoms with E-state index in [0.29, 0.717) is 12.1 Å².